The van der Waals surface area contributed by atoms with Gasteiger partial charge in [-0.25, -0.2) is 9.69 Å². The van der Waals surface area contributed by atoms with Crippen molar-refractivity contribution in [3.05, 3.63) is 119 Å². The molecule has 4 aromatic rings. The number of aliphatic hydroxyl groups is 1. The molecule has 47 heavy (non-hydrogen) atoms. The second kappa shape index (κ2) is 15.8. The standard InChI is InChI=1S/C38H41NO8/c1-25-12-10-17-30(20-25)32-21-34(46-33(32)18-11-19-44-24-31(22-40)45-23-28-13-6-4-7-14-28)35(41)26(2)37(42)39-27(3)36(47-38(39)43)29-15-8-5-9-16-29/h4-10,12-17,20-21,26-27,31,36,40H,11,18-19,22-24H2,1-3H3/t26-,27-,31+,36-/m0/s1. The number of rotatable bonds is 15. The predicted octanol–water partition coefficient (Wildman–Crippen LogP) is 6.71. The molecule has 0 bridgehead atoms. The second-order valence-corrected chi connectivity index (χ2v) is 11.8. The number of carbonyl (C=O) groups is 3. The molecule has 4 atom stereocenters. The SMILES string of the molecule is Cc1cccc(-c2cc(C(=O)[C@H](C)C(=O)N3C(=O)O[C@H](c4ccccc4)[C@@H]3C)oc2CCCOC[C@@H](CO)OCc2ccccc2)c1. The van der Waals surface area contributed by atoms with Crippen molar-refractivity contribution in [2.24, 2.45) is 5.92 Å². The summed E-state index contributed by atoms with van der Waals surface area (Å²) >= 11 is 0. The van der Waals surface area contributed by atoms with Crippen LogP contribution in [0.3, 0.4) is 0 Å². The molecule has 5 rings (SSSR count). The number of imide groups is 1. The molecular weight excluding hydrogens is 598 g/mol. The Balaban J connectivity index is 1.23. The van der Waals surface area contributed by atoms with Crippen molar-refractivity contribution in [2.45, 2.75) is 58.5 Å². The van der Waals surface area contributed by atoms with Gasteiger partial charge in [-0.15, -0.1) is 0 Å². The summed E-state index contributed by atoms with van der Waals surface area (Å²) in [6, 6.07) is 27.9. The van der Waals surface area contributed by atoms with Crippen LogP contribution in [0.1, 0.15) is 59.4 Å². The maximum atomic E-state index is 13.7. The minimum atomic E-state index is -1.17. The number of furan rings is 1. The lowest BCUT2D eigenvalue weighted by Gasteiger charge is -2.21. The van der Waals surface area contributed by atoms with Gasteiger partial charge in [0.25, 0.3) is 0 Å². The van der Waals surface area contributed by atoms with E-state index >= 15 is 0 Å². The van der Waals surface area contributed by atoms with Crippen LogP contribution in [-0.4, -0.2) is 59.8 Å². The zero-order valence-electron chi connectivity index (χ0n) is 27.0. The van der Waals surface area contributed by atoms with Crippen molar-refractivity contribution < 1.29 is 38.1 Å². The van der Waals surface area contributed by atoms with Gasteiger partial charge in [0, 0.05) is 18.6 Å². The van der Waals surface area contributed by atoms with Crippen LogP contribution < -0.4 is 0 Å². The average molecular weight is 640 g/mol. The Hall–Kier alpha value is -4.57. The molecule has 0 spiro atoms. The lowest BCUT2D eigenvalue weighted by molar-refractivity contribution is -0.131. The lowest BCUT2D eigenvalue weighted by Crippen LogP contribution is -2.43. The summed E-state index contributed by atoms with van der Waals surface area (Å²) in [6.07, 6.45) is -0.789. The van der Waals surface area contributed by atoms with E-state index in [2.05, 4.69) is 0 Å². The molecule has 0 saturated carbocycles. The van der Waals surface area contributed by atoms with E-state index in [0.29, 0.717) is 31.8 Å². The van der Waals surface area contributed by atoms with Crippen LogP contribution in [0.2, 0.25) is 0 Å². The fourth-order valence-corrected chi connectivity index (χ4v) is 5.66. The van der Waals surface area contributed by atoms with Gasteiger partial charge >= 0.3 is 6.09 Å². The number of carbonyl (C=O) groups excluding carboxylic acids is 3. The number of benzene rings is 3. The summed E-state index contributed by atoms with van der Waals surface area (Å²) < 4.78 is 23.3. The number of nitrogens with zero attached hydrogens (tertiary/aromatic N) is 1. The van der Waals surface area contributed by atoms with Gasteiger partial charge in [-0.3, -0.25) is 9.59 Å². The van der Waals surface area contributed by atoms with Crippen molar-refractivity contribution in [1.82, 2.24) is 4.90 Å². The number of aryl methyl sites for hydroxylation is 2. The third-order valence-electron chi connectivity index (χ3n) is 8.31. The summed E-state index contributed by atoms with van der Waals surface area (Å²) in [5, 5.41) is 9.72. The molecule has 2 amide bonds. The number of hydrogen-bond donors (Lipinski definition) is 1. The molecule has 9 nitrogen and oxygen atoms in total. The monoisotopic (exact) mass is 639 g/mol. The molecule has 1 aromatic heterocycles. The second-order valence-electron chi connectivity index (χ2n) is 11.8. The Kier molecular flexibility index (Phi) is 11.4. The van der Waals surface area contributed by atoms with Gasteiger partial charge in [0.05, 0.1) is 25.9 Å². The Morgan fingerprint density at radius 1 is 0.979 bits per heavy atom. The molecule has 3 aromatic carbocycles. The van der Waals surface area contributed by atoms with Gasteiger partial charge < -0.3 is 23.7 Å². The van der Waals surface area contributed by atoms with Crippen molar-refractivity contribution in [2.75, 3.05) is 19.8 Å². The van der Waals surface area contributed by atoms with Crippen LogP contribution in [0.5, 0.6) is 0 Å². The highest BCUT2D eigenvalue weighted by atomic mass is 16.6. The average Bonchev–Trinajstić information content (AvgIpc) is 3.65. The van der Waals surface area contributed by atoms with Crippen molar-refractivity contribution in [3.63, 3.8) is 0 Å². The first-order valence-electron chi connectivity index (χ1n) is 15.9. The molecule has 2 heterocycles. The van der Waals surface area contributed by atoms with Gasteiger partial charge in [0.1, 0.15) is 23.9 Å². The summed E-state index contributed by atoms with van der Waals surface area (Å²) in [7, 11) is 0. The van der Waals surface area contributed by atoms with Crippen molar-refractivity contribution in [3.8, 4) is 11.1 Å². The summed E-state index contributed by atoms with van der Waals surface area (Å²) in [4.78, 5) is 41.0. The largest absolute Gasteiger partial charge is 0.457 e. The molecule has 0 unspecified atom stereocenters. The molecule has 1 aliphatic heterocycles. The van der Waals surface area contributed by atoms with Crippen LogP contribution >= 0.6 is 0 Å². The van der Waals surface area contributed by atoms with Crippen LogP contribution in [0.4, 0.5) is 4.79 Å². The number of aliphatic hydroxyl groups excluding tert-OH is 1. The molecule has 1 aliphatic rings. The van der Waals surface area contributed by atoms with Crippen molar-refractivity contribution >= 4 is 17.8 Å². The maximum absolute atomic E-state index is 13.7. The summed E-state index contributed by atoms with van der Waals surface area (Å²) in [5.41, 5.74) is 4.49. The molecule has 1 saturated heterocycles. The highest BCUT2D eigenvalue weighted by Crippen LogP contribution is 2.35. The minimum Gasteiger partial charge on any atom is -0.457 e. The number of hydrogen-bond acceptors (Lipinski definition) is 8. The molecule has 0 aliphatic carbocycles. The molecule has 246 valence electrons. The first-order chi connectivity index (χ1) is 22.8. The highest BCUT2D eigenvalue weighted by molar-refractivity contribution is 6.12. The van der Waals surface area contributed by atoms with Crippen LogP contribution in [0, 0.1) is 12.8 Å². The topological polar surface area (TPSA) is 116 Å². The zero-order chi connectivity index (χ0) is 33.3. The van der Waals surface area contributed by atoms with E-state index in [1.807, 2.05) is 91.9 Å². The number of ketones is 1. The van der Waals surface area contributed by atoms with Gasteiger partial charge in [0.15, 0.2) is 5.76 Å². The quantitative estimate of drug-likeness (QED) is 0.0867. The van der Waals surface area contributed by atoms with E-state index in [1.54, 1.807) is 13.0 Å². The fraction of sp³-hybridized carbons (Fsp3) is 0.342. The third kappa shape index (κ3) is 8.24. The van der Waals surface area contributed by atoms with Crippen molar-refractivity contribution in [1.29, 1.82) is 0 Å². The number of cyclic esters (lactones) is 1. The fourth-order valence-electron chi connectivity index (χ4n) is 5.66. The number of amides is 2. The van der Waals surface area contributed by atoms with E-state index in [0.717, 1.165) is 32.7 Å². The van der Waals surface area contributed by atoms with Gasteiger partial charge in [-0.2, -0.15) is 0 Å². The molecule has 9 heteroatoms. The van der Waals surface area contributed by atoms with E-state index in [1.165, 1.54) is 6.92 Å². The van der Waals surface area contributed by atoms with Gasteiger partial charge in [0.2, 0.25) is 11.7 Å². The zero-order valence-corrected chi connectivity index (χ0v) is 27.0. The maximum Gasteiger partial charge on any atom is 0.417 e. The summed E-state index contributed by atoms with van der Waals surface area (Å²) in [6.45, 7) is 6.04. The molecular formula is C38H41NO8. The first kappa shape index (κ1) is 33.8. The van der Waals surface area contributed by atoms with Crippen LogP contribution in [0.15, 0.2) is 95.4 Å². The molecule has 1 fully saturated rings. The Bertz CT molecular complexity index is 1650. The number of ether oxygens (including phenoxy) is 3. The first-order valence-corrected chi connectivity index (χ1v) is 15.9. The van der Waals surface area contributed by atoms with E-state index < -0.39 is 42.0 Å². The van der Waals surface area contributed by atoms with Gasteiger partial charge in [-0.05, 0) is 49.9 Å². The smallest absolute Gasteiger partial charge is 0.417 e. The lowest BCUT2D eigenvalue weighted by atomic mass is 9.98. The van der Waals surface area contributed by atoms with Crippen LogP contribution in [-0.2, 0) is 32.0 Å². The van der Waals surface area contributed by atoms with Crippen LogP contribution in [0.25, 0.3) is 11.1 Å². The molecule has 1 N–H and O–H groups in total. The van der Waals surface area contributed by atoms with E-state index in [-0.39, 0.29) is 19.0 Å². The van der Waals surface area contributed by atoms with E-state index in [4.69, 9.17) is 18.6 Å². The predicted molar refractivity (Wildman–Crippen MR) is 176 cm³/mol. The molecule has 0 radical (unpaired) electrons. The van der Waals surface area contributed by atoms with E-state index in [9.17, 15) is 19.5 Å². The number of Topliss-reactive ketones (excluding diaryl/α,β-unsaturated/α-hetero) is 1. The Morgan fingerprint density at radius 3 is 2.40 bits per heavy atom. The normalized spacial score (nSPS) is 17.4. The third-order valence-corrected chi connectivity index (χ3v) is 8.31. The summed E-state index contributed by atoms with van der Waals surface area (Å²) in [5.74, 6) is -1.68. The highest BCUT2D eigenvalue weighted by Gasteiger charge is 2.46. The Labute approximate surface area is 275 Å². The van der Waals surface area contributed by atoms with Gasteiger partial charge in [-0.1, -0.05) is 90.5 Å². The Morgan fingerprint density at radius 2 is 1.70 bits per heavy atom. The minimum absolute atomic E-state index is 0.0488.